The molecule has 0 aliphatic carbocycles. The smallest absolute Gasteiger partial charge is 0.306 e. The molecule has 1 aromatic rings. The van der Waals surface area contributed by atoms with Crippen molar-refractivity contribution in [2.24, 2.45) is 5.92 Å². The molecule has 1 fully saturated rings. The fraction of sp³-hybridized carbons (Fsp3) is 0.417. The second-order valence-corrected chi connectivity index (χ2v) is 4.15. The summed E-state index contributed by atoms with van der Waals surface area (Å²) in [6.07, 6.45) is 0.977. The zero-order valence-corrected chi connectivity index (χ0v) is 8.91. The van der Waals surface area contributed by atoms with E-state index in [9.17, 15) is 10.0 Å². The lowest BCUT2D eigenvalue weighted by atomic mass is 9.88. The summed E-state index contributed by atoms with van der Waals surface area (Å²) in [5.41, 5.74) is 0.968. The Morgan fingerprint density at radius 1 is 1.31 bits per heavy atom. The molecule has 4 heteroatoms. The van der Waals surface area contributed by atoms with Crippen LogP contribution in [0, 0.1) is 5.92 Å². The first-order chi connectivity index (χ1) is 7.68. The van der Waals surface area contributed by atoms with Gasteiger partial charge in [-0.05, 0) is 18.4 Å². The third kappa shape index (κ3) is 2.23. The zero-order valence-electron chi connectivity index (χ0n) is 8.91. The van der Waals surface area contributed by atoms with Crippen LogP contribution in [0.15, 0.2) is 30.3 Å². The van der Waals surface area contributed by atoms with Gasteiger partial charge in [-0.3, -0.25) is 4.79 Å². The van der Waals surface area contributed by atoms with Crippen molar-refractivity contribution in [2.45, 2.75) is 18.9 Å². The van der Waals surface area contributed by atoms with Crippen LogP contribution in [-0.2, 0) is 4.79 Å². The van der Waals surface area contributed by atoms with Gasteiger partial charge in [0, 0.05) is 6.54 Å². The molecule has 1 heterocycles. The van der Waals surface area contributed by atoms with Crippen molar-refractivity contribution in [3.8, 4) is 0 Å². The van der Waals surface area contributed by atoms with Crippen LogP contribution < -0.4 is 0 Å². The monoisotopic (exact) mass is 221 g/mol. The maximum absolute atomic E-state index is 10.9. The van der Waals surface area contributed by atoms with Gasteiger partial charge in [-0.25, -0.2) is 0 Å². The molecule has 1 aromatic carbocycles. The number of hydroxylamine groups is 2. The molecular weight excluding hydrogens is 206 g/mol. The summed E-state index contributed by atoms with van der Waals surface area (Å²) in [6.45, 7) is 0.413. The van der Waals surface area contributed by atoms with Gasteiger partial charge < -0.3 is 10.3 Å². The Labute approximate surface area is 94.1 Å². The van der Waals surface area contributed by atoms with Crippen molar-refractivity contribution < 1.29 is 15.1 Å². The van der Waals surface area contributed by atoms with Crippen molar-refractivity contribution >= 4 is 5.97 Å². The number of hydrogen-bond acceptors (Lipinski definition) is 3. The SMILES string of the molecule is O=C(O)C1CCN(O)C(c2ccccc2)C1. The molecule has 0 spiro atoms. The molecule has 0 radical (unpaired) electrons. The van der Waals surface area contributed by atoms with Crippen molar-refractivity contribution in [2.75, 3.05) is 6.54 Å². The largest absolute Gasteiger partial charge is 0.481 e. The van der Waals surface area contributed by atoms with Crippen LogP contribution in [0.4, 0.5) is 0 Å². The number of hydrogen-bond donors (Lipinski definition) is 2. The first-order valence-electron chi connectivity index (χ1n) is 5.41. The second kappa shape index (κ2) is 4.63. The Balaban J connectivity index is 2.16. The van der Waals surface area contributed by atoms with Gasteiger partial charge in [0.25, 0.3) is 0 Å². The Morgan fingerprint density at radius 2 is 2.00 bits per heavy atom. The van der Waals surface area contributed by atoms with Gasteiger partial charge in [-0.15, -0.1) is 0 Å². The standard InChI is InChI=1S/C12H15NO3/c14-12(15)10-6-7-13(16)11(8-10)9-4-2-1-3-5-9/h1-5,10-11,16H,6-8H2,(H,14,15). The van der Waals surface area contributed by atoms with Crippen LogP contribution in [0.1, 0.15) is 24.4 Å². The molecule has 0 bridgehead atoms. The summed E-state index contributed by atoms with van der Waals surface area (Å²) in [5, 5.41) is 20.0. The van der Waals surface area contributed by atoms with Crippen LogP contribution in [-0.4, -0.2) is 27.9 Å². The number of piperidine rings is 1. The lowest BCUT2D eigenvalue weighted by Crippen LogP contribution is -2.36. The van der Waals surface area contributed by atoms with E-state index in [1.807, 2.05) is 30.3 Å². The highest BCUT2D eigenvalue weighted by Crippen LogP contribution is 2.32. The summed E-state index contributed by atoms with van der Waals surface area (Å²) in [5.74, 6) is -1.12. The molecule has 2 N–H and O–H groups in total. The number of carboxylic acid groups (broad SMARTS) is 1. The summed E-state index contributed by atoms with van der Waals surface area (Å²) in [7, 11) is 0. The van der Waals surface area contributed by atoms with Gasteiger partial charge in [-0.2, -0.15) is 5.06 Å². The van der Waals surface area contributed by atoms with Crippen molar-refractivity contribution in [3.05, 3.63) is 35.9 Å². The van der Waals surface area contributed by atoms with Gasteiger partial charge in [0.1, 0.15) is 0 Å². The Bertz CT molecular complexity index is 366. The first-order valence-corrected chi connectivity index (χ1v) is 5.41. The Hall–Kier alpha value is -1.39. The van der Waals surface area contributed by atoms with E-state index < -0.39 is 5.97 Å². The lowest BCUT2D eigenvalue weighted by molar-refractivity contribution is -0.166. The maximum atomic E-state index is 10.9. The van der Waals surface area contributed by atoms with E-state index in [-0.39, 0.29) is 12.0 Å². The second-order valence-electron chi connectivity index (χ2n) is 4.15. The summed E-state index contributed by atoms with van der Waals surface area (Å²) >= 11 is 0. The minimum Gasteiger partial charge on any atom is -0.481 e. The van der Waals surface area contributed by atoms with Gasteiger partial charge in [0.15, 0.2) is 0 Å². The highest BCUT2D eigenvalue weighted by molar-refractivity contribution is 5.70. The number of carboxylic acids is 1. The Kier molecular flexibility index (Phi) is 3.22. The minimum absolute atomic E-state index is 0.198. The third-order valence-corrected chi connectivity index (χ3v) is 3.11. The van der Waals surface area contributed by atoms with E-state index in [2.05, 4.69) is 0 Å². The average Bonchev–Trinajstić information content (AvgIpc) is 2.30. The molecule has 0 aromatic heterocycles. The normalized spacial score (nSPS) is 26.6. The predicted octanol–water partition coefficient (Wildman–Crippen LogP) is 1.91. The van der Waals surface area contributed by atoms with Gasteiger partial charge >= 0.3 is 5.97 Å². The van der Waals surface area contributed by atoms with Crippen LogP contribution >= 0.6 is 0 Å². The molecule has 0 saturated carbocycles. The summed E-state index contributed by atoms with van der Waals surface area (Å²) in [6, 6.07) is 9.33. The number of aliphatic carboxylic acids is 1. The lowest BCUT2D eigenvalue weighted by Gasteiger charge is -2.33. The highest BCUT2D eigenvalue weighted by atomic mass is 16.5. The predicted molar refractivity (Wildman–Crippen MR) is 58.0 cm³/mol. The van der Waals surface area contributed by atoms with Crippen LogP contribution in [0.2, 0.25) is 0 Å². The Morgan fingerprint density at radius 3 is 2.62 bits per heavy atom. The first kappa shape index (κ1) is 11.1. The molecule has 0 amide bonds. The van der Waals surface area contributed by atoms with E-state index in [1.54, 1.807) is 0 Å². The van der Waals surface area contributed by atoms with E-state index in [0.29, 0.717) is 19.4 Å². The van der Waals surface area contributed by atoms with Crippen LogP contribution in [0.25, 0.3) is 0 Å². The fourth-order valence-electron chi connectivity index (χ4n) is 2.16. The number of nitrogens with zero attached hydrogens (tertiary/aromatic N) is 1. The average molecular weight is 221 g/mol. The molecule has 2 atom stereocenters. The van der Waals surface area contributed by atoms with Crippen molar-refractivity contribution in [1.29, 1.82) is 0 Å². The molecule has 1 saturated heterocycles. The topological polar surface area (TPSA) is 60.8 Å². The molecule has 4 nitrogen and oxygen atoms in total. The van der Waals surface area contributed by atoms with E-state index >= 15 is 0 Å². The van der Waals surface area contributed by atoms with E-state index in [0.717, 1.165) is 5.56 Å². The van der Waals surface area contributed by atoms with Crippen LogP contribution in [0.5, 0.6) is 0 Å². The van der Waals surface area contributed by atoms with Crippen molar-refractivity contribution in [3.63, 3.8) is 0 Å². The van der Waals surface area contributed by atoms with Crippen LogP contribution in [0.3, 0.4) is 0 Å². The van der Waals surface area contributed by atoms with Gasteiger partial charge in [0.05, 0.1) is 12.0 Å². The molecule has 2 unspecified atom stereocenters. The minimum atomic E-state index is -0.769. The number of benzene rings is 1. The molecule has 1 aliphatic heterocycles. The van der Waals surface area contributed by atoms with E-state index in [1.165, 1.54) is 5.06 Å². The summed E-state index contributed by atoms with van der Waals surface area (Å²) in [4.78, 5) is 10.9. The zero-order chi connectivity index (χ0) is 11.5. The number of carbonyl (C=O) groups is 1. The maximum Gasteiger partial charge on any atom is 0.306 e. The third-order valence-electron chi connectivity index (χ3n) is 3.11. The molecule has 16 heavy (non-hydrogen) atoms. The molecule has 86 valence electrons. The molecule has 2 rings (SSSR count). The van der Waals surface area contributed by atoms with E-state index in [4.69, 9.17) is 5.11 Å². The quantitative estimate of drug-likeness (QED) is 0.800. The highest BCUT2D eigenvalue weighted by Gasteiger charge is 2.32. The van der Waals surface area contributed by atoms with Crippen molar-refractivity contribution in [1.82, 2.24) is 5.06 Å². The molecule has 1 aliphatic rings. The van der Waals surface area contributed by atoms with Gasteiger partial charge in [-0.1, -0.05) is 30.3 Å². The summed E-state index contributed by atoms with van der Waals surface area (Å²) < 4.78 is 0. The molecular formula is C12H15NO3. The fourth-order valence-corrected chi connectivity index (χ4v) is 2.16. The number of rotatable bonds is 2. The van der Waals surface area contributed by atoms with Gasteiger partial charge in [0.2, 0.25) is 0 Å².